The van der Waals surface area contributed by atoms with Crippen LogP contribution in [-0.4, -0.2) is 10.9 Å². The van der Waals surface area contributed by atoms with E-state index in [0.29, 0.717) is 10.6 Å². The lowest BCUT2D eigenvalue weighted by molar-refractivity contribution is -0.385. The van der Waals surface area contributed by atoms with Gasteiger partial charge in [0.1, 0.15) is 6.61 Å². The van der Waals surface area contributed by atoms with Crippen molar-refractivity contribution in [2.45, 2.75) is 13.5 Å². The van der Waals surface area contributed by atoms with E-state index in [2.05, 4.69) is 0 Å². The Kier molecular flexibility index (Phi) is 4.55. The summed E-state index contributed by atoms with van der Waals surface area (Å²) in [7, 11) is 0. The number of esters is 1. The van der Waals surface area contributed by atoms with Crippen molar-refractivity contribution in [1.82, 2.24) is 0 Å². The fraction of sp³-hybridized carbons (Fsp3) is 0.133. The zero-order valence-electron chi connectivity index (χ0n) is 11.2. The zero-order chi connectivity index (χ0) is 15.4. The van der Waals surface area contributed by atoms with Crippen LogP contribution >= 0.6 is 11.6 Å². The minimum atomic E-state index is -0.601. The lowest BCUT2D eigenvalue weighted by atomic mass is 10.1. The van der Waals surface area contributed by atoms with Gasteiger partial charge in [-0.1, -0.05) is 29.8 Å². The predicted octanol–water partition coefficient (Wildman–Crippen LogP) is 3.91. The Balaban J connectivity index is 2.14. The molecule has 0 saturated carbocycles. The van der Waals surface area contributed by atoms with Crippen molar-refractivity contribution >= 4 is 23.3 Å². The molecule has 0 saturated heterocycles. The van der Waals surface area contributed by atoms with Crippen LogP contribution in [0.2, 0.25) is 5.02 Å². The van der Waals surface area contributed by atoms with Crippen molar-refractivity contribution in [2.75, 3.05) is 0 Å². The van der Waals surface area contributed by atoms with Gasteiger partial charge in [0, 0.05) is 16.7 Å². The summed E-state index contributed by atoms with van der Waals surface area (Å²) >= 11 is 5.84. The van der Waals surface area contributed by atoms with E-state index in [4.69, 9.17) is 16.3 Å². The molecule has 108 valence electrons. The average molecular weight is 306 g/mol. The van der Waals surface area contributed by atoms with Crippen LogP contribution < -0.4 is 0 Å². The summed E-state index contributed by atoms with van der Waals surface area (Å²) in [5.41, 5.74) is 1.12. The fourth-order valence-electron chi connectivity index (χ4n) is 1.90. The molecule has 0 fully saturated rings. The SMILES string of the molecule is Cc1c(C(=O)OCc2cccc(Cl)c2)cccc1[N+](=O)[O-]. The lowest BCUT2D eigenvalue weighted by Crippen LogP contribution is -2.08. The maximum atomic E-state index is 12.0. The van der Waals surface area contributed by atoms with Gasteiger partial charge in [0.05, 0.1) is 10.5 Å². The minimum Gasteiger partial charge on any atom is -0.457 e. The van der Waals surface area contributed by atoms with Crippen LogP contribution in [-0.2, 0) is 11.3 Å². The van der Waals surface area contributed by atoms with Crippen molar-refractivity contribution in [3.05, 3.63) is 74.3 Å². The summed E-state index contributed by atoms with van der Waals surface area (Å²) in [5, 5.41) is 11.4. The standard InChI is InChI=1S/C15H12ClNO4/c1-10-13(6-3-7-14(10)17(19)20)15(18)21-9-11-4-2-5-12(16)8-11/h2-8H,9H2,1H3. The Morgan fingerprint density at radius 3 is 2.67 bits per heavy atom. The Morgan fingerprint density at radius 2 is 2.00 bits per heavy atom. The summed E-state index contributed by atoms with van der Waals surface area (Å²) in [6.07, 6.45) is 0. The molecule has 0 aliphatic heterocycles. The van der Waals surface area contributed by atoms with Gasteiger partial charge < -0.3 is 4.74 Å². The van der Waals surface area contributed by atoms with Crippen molar-refractivity contribution in [1.29, 1.82) is 0 Å². The highest BCUT2D eigenvalue weighted by Gasteiger charge is 2.18. The van der Waals surface area contributed by atoms with Gasteiger partial charge in [-0.2, -0.15) is 0 Å². The first-order chi connectivity index (χ1) is 9.99. The van der Waals surface area contributed by atoms with Crippen LogP contribution in [0.5, 0.6) is 0 Å². The first-order valence-electron chi connectivity index (χ1n) is 6.14. The van der Waals surface area contributed by atoms with E-state index in [9.17, 15) is 14.9 Å². The van der Waals surface area contributed by atoms with Gasteiger partial charge in [0.2, 0.25) is 0 Å². The van der Waals surface area contributed by atoms with Crippen molar-refractivity contribution < 1.29 is 14.5 Å². The zero-order valence-corrected chi connectivity index (χ0v) is 12.0. The molecule has 0 heterocycles. The van der Waals surface area contributed by atoms with Gasteiger partial charge in [-0.05, 0) is 30.7 Å². The van der Waals surface area contributed by atoms with Crippen molar-refractivity contribution in [3.8, 4) is 0 Å². The molecule has 2 aromatic carbocycles. The molecular weight excluding hydrogens is 294 g/mol. The number of halogens is 1. The van der Waals surface area contributed by atoms with E-state index in [1.54, 1.807) is 24.3 Å². The highest BCUT2D eigenvalue weighted by molar-refractivity contribution is 6.30. The largest absolute Gasteiger partial charge is 0.457 e. The van der Waals surface area contributed by atoms with E-state index in [1.165, 1.54) is 25.1 Å². The molecule has 0 unspecified atom stereocenters. The number of hydrogen-bond donors (Lipinski definition) is 0. The number of nitro benzene ring substituents is 1. The van der Waals surface area contributed by atoms with Gasteiger partial charge >= 0.3 is 5.97 Å². The summed E-state index contributed by atoms with van der Waals surface area (Å²) in [6.45, 7) is 1.58. The third kappa shape index (κ3) is 3.58. The van der Waals surface area contributed by atoms with E-state index >= 15 is 0 Å². The quantitative estimate of drug-likeness (QED) is 0.488. The van der Waals surface area contributed by atoms with Crippen LogP contribution in [0.25, 0.3) is 0 Å². The van der Waals surface area contributed by atoms with Crippen LogP contribution in [0.4, 0.5) is 5.69 Å². The predicted molar refractivity (Wildman–Crippen MR) is 78.4 cm³/mol. The number of carbonyl (C=O) groups is 1. The molecule has 0 aliphatic rings. The van der Waals surface area contributed by atoms with Gasteiger partial charge in [-0.15, -0.1) is 0 Å². The fourth-order valence-corrected chi connectivity index (χ4v) is 2.11. The molecule has 0 aromatic heterocycles. The molecule has 0 radical (unpaired) electrons. The maximum Gasteiger partial charge on any atom is 0.338 e. The van der Waals surface area contributed by atoms with Crippen LogP contribution in [0.15, 0.2) is 42.5 Å². The van der Waals surface area contributed by atoms with Crippen LogP contribution in [0.3, 0.4) is 0 Å². The van der Waals surface area contributed by atoms with E-state index in [-0.39, 0.29) is 17.9 Å². The molecule has 0 spiro atoms. The number of rotatable bonds is 4. The number of benzene rings is 2. The van der Waals surface area contributed by atoms with Gasteiger partial charge in [-0.3, -0.25) is 10.1 Å². The van der Waals surface area contributed by atoms with Crippen molar-refractivity contribution in [3.63, 3.8) is 0 Å². The molecular formula is C15H12ClNO4. The Bertz CT molecular complexity index is 700. The monoisotopic (exact) mass is 305 g/mol. The third-order valence-electron chi connectivity index (χ3n) is 2.98. The molecule has 2 aromatic rings. The first-order valence-corrected chi connectivity index (χ1v) is 6.52. The topological polar surface area (TPSA) is 69.4 Å². The number of nitrogens with zero attached hydrogens (tertiary/aromatic N) is 1. The molecule has 5 nitrogen and oxygen atoms in total. The number of nitro groups is 1. The first kappa shape index (κ1) is 15.0. The molecule has 0 atom stereocenters. The van der Waals surface area contributed by atoms with Gasteiger partial charge in [0.25, 0.3) is 5.69 Å². The number of ether oxygens (including phenoxy) is 1. The summed E-state index contributed by atoms with van der Waals surface area (Å²) < 4.78 is 5.16. The highest BCUT2D eigenvalue weighted by atomic mass is 35.5. The Hall–Kier alpha value is -2.40. The second-order valence-electron chi connectivity index (χ2n) is 4.41. The van der Waals surface area contributed by atoms with Crippen LogP contribution in [0.1, 0.15) is 21.5 Å². The molecule has 2 rings (SSSR count). The minimum absolute atomic E-state index is 0.0571. The molecule has 6 heteroatoms. The third-order valence-corrected chi connectivity index (χ3v) is 3.22. The van der Waals surface area contributed by atoms with E-state index in [1.807, 2.05) is 0 Å². The Labute approximate surface area is 126 Å². The van der Waals surface area contributed by atoms with Gasteiger partial charge in [-0.25, -0.2) is 4.79 Å². The van der Waals surface area contributed by atoms with Crippen molar-refractivity contribution in [2.24, 2.45) is 0 Å². The smallest absolute Gasteiger partial charge is 0.338 e. The second-order valence-corrected chi connectivity index (χ2v) is 4.85. The van der Waals surface area contributed by atoms with Crippen LogP contribution in [0, 0.1) is 17.0 Å². The lowest BCUT2D eigenvalue weighted by Gasteiger charge is -2.07. The van der Waals surface area contributed by atoms with E-state index in [0.717, 1.165) is 5.56 Å². The second kappa shape index (κ2) is 6.37. The summed E-state index contributed by atoms with van der Waals surface area (Å²) in [4.78, 5) is 22.3. The summed E-state index contributed by atoms with van der Waals surface area (Å²) in [6, 6.07) is 11.3. The summed E-state index contributed by atoms with van der Waals surface area (Å²) in [5.74, 6) is -0.601. The number of carbonyl (C=O) groups excluding carboxylic acids is 1. The normalized spacial score (nSPS) is 10.2. The molecule has 0 N–H and O–H groups in total. The Morgan fingerprint density at radius 1 is 1.29 bits per heavy atom. The molecule has 0 bridgehead atoms. The molecule has 0 amide bonds. The number of hydrogen-bond acceptors (Lipinski definition) is 4. The van der Waals surface area contributed by atoms with E-state index < -0.39 is 10.9 Å². The maximum absolute atomic E-state index is 12.0. The average Bonchev–Trinajstić information content (AvgIpc) is 2.45. The highest BCUT2D eigenvalue weighted by Crippen LogP contribution is 2.22. The van der Waals surface area contributed by atoms with Gasteiger partial charge in [0.15, 0.2) is 0 Å². The molecule has 21 heavy (non-hydrogen) atoms. The molecule has 0 aliphatic carbocycles.